The zero-order chi connectivity index (χ0) is 34.6. The molecular weight excluding hydrogens is 667 g/mol. The minimum Gasteiger partial charge on any atom is -0.481 e. The Morgan fingerprint density at radius 1 is 0.524 bits per heavy atom. The molecule has 1 N–H and O–H groups in total. The molecule has 0 spiro atoms. The number of esters is 1. The maximum atomic E-state index is 13.7. The lowest BCUT2D eigenvalue weighted by atomic mass is 9.86. The van der Waals surface area contributed by atoms with Crippen molar-refractivity contribution >= 4 is 11.9 Å². The van der Waals surface area contributed by atoms with Crippen molar-refractivity contribution < 1.29 is 112 Å². The van der Waals surface area contributed by atoms with Gasteiger partial charge in [-0.3, -0.25) is 4.79 Å². The molecule has 0 fully saturated rings. The van der Waals surface area contributed by atoms with Crippen LogP contribution in [-0.2, 0) is 14.3 Å². The van der Waals surface area contributed by atoms with Gasteiger partial charge in [-0.1, -0.05) is 6.58 Å². The molecule has 0 amide bonds. The second-order valence-electron chi connectivity index (χ2n) is 7.86. The van der Waals surface area contributed by atoms with Crippen LogP contribution in [0.3, 0.4) is 0 Å². The van der Waals surface area contributed by atoms with Crippen LogP contribution < -0.4 is 0 Å². The van der Waals surface area contributed by atoms with Crippen LogP contribution >= 0.6 is 0 Å². The number of hydrogen-bond acceptors (Lipinski definition) is 3. The first-order valence-corrected chi connectivity index (χ1v) is 9.51. The molecule has 0 aliphatic rings. The standard InChI is InChI=1S/C17H9F21O4/c1-5(4-6(39)40)7(41)42-3-2-8(18,19)9(20,21)10(22,23)11(24,25)12(26,27)13(28,29)14(30,31)15(32,33)16(34,35)17(36,37)38/h1-4H2,(H,39,40). The first-order chi connectivity index (χ1) is 18.0. The molecule has 0 aliphatic heterocycles. The first kappa shape index (κ1) is 39.2. The normalized spacial score (nSPS) is 15.5. The molecule has 0 aromatic heterocycles. The van der Waals surface area contributed by atoms with Crippen molar-refractivity contribution in [3.05, 3.63) is 12.2 Å². The van der Waals surface area contributed by atoms with Gasteiger partial charge in [0.25, 0.3) is 0 Å². The number of hydrogen-bond donors (Lipinski definition) is 1. The fourth-order valence-corrected chi connectivity index (χ4v) is 2.38. The molecule has 0 atom stereocenters. The molecule has 0 saturated heterocycles. The molecule has 0 heterocycles. The summed E-state index contributed by atoms with van der Waals surface area (Å²) in [4.78, 5) is 21.5. The Balaban J connectivity index is 6.61. The highest BCUT2D eigenvalue weighted by Gasteiger charge is 2.97. The van der Waals surface area contributed by atoms with Crippen molar-refractivity contribution in [2.45, 2.75) is 72.3 Å². The molecule has 42 heavy (non-hydrogen) atoms. The molecule has 0 rings (SSSR count). The van der Waals surface area contributed by atoms with Crippen molar-refractivity contribution in [3.63, 3.8) is 0 Å². The Kier molecular flexibility index (Phi) is 10.0. The summed E-state index contributed by atoms with van der Waals surface area (Å²) in [5, 5.41) is 8.32. The van der Waals surface area contributed by atoms with Gasteiger partial charge in [0.05, 0.1) is 19.4 Å². The van der Waals surface area contributed by atoms with Gasteiger partial charge in [0.2, 0.25) is 0 Å². The van der Waals surface area contributed by atoms with Gasteiger partial charge in [0.1, 0.15) is 0 Å². The van der Waals surface area contributed by atoms with Crippen LogP contribution in [0.5, 0.6) is 0 Å². The van der Waals surface area contributed by atoms with E-state index in [-0.39, 0.29) is 0 Å². The summed E-state index contributed by atoms with van der Waals surface area (Å²) in [7, 11) is 0. The molecule has 0 aromatic carbocycles. The van der Waals surface area contributed by atoms with Gasteiger partial charge in [-0.05, 0) is 0 Å². The lowest BCUT2D eigenvalue weighted by molar-refractivity contribution is -0.474. The second kappa shape index (κ2) is 10.7. The topological polar surface area (TPSA) is 63.6 Å². The molecule has 25 heteroatoms. The number of carboxylic acid groups (broad SMARTS) is 1. The van der Waals surface area contributed by atoms with E-state index in [9.17, 15) is 102 Å². The molecule has 0 aliphatic carbocycles. The van der Waals surface area contributed by atoms with E-state index in [1.165, 1.54) is 0 Å². The van der Waals surface area contributed by atoms with Gasteiger partial charge in [-0.25, -0.2) is 4.79 Å². The Bertz CT molecular complexity index is 1040. The summed E-state index contributed by atoms with van der Waals surface area (Å²) < 4.78 is 282. The Hall–Kier alpha value is -2.79. The van der Waals surface area contributed by atoms with Gasteiger partial charge in [-0.15, -0.1) is 0 Å². The zero-order valence-electron chi connectivity index (χ0n) is 18.9. The van der Waals surface area contributed by atoms with Gasteiger partial charge in [-0.2, -0.15) is 92.2 Å². The quantitative estimate of drug-likeness (QED) is 0.120. The Morgan fingerprint density at radius 3 is 1.10 bits per heavy atom. The summed E-state index contributed by atoms with van der Waals surface area (Å²) in [5.74, 6) is -82.0. The van der Waals surface area contributed by atoms with Crippen LogP contribution in [0, 0.1) is 0 Å². The van der Waals surface area contributed by atoms with Crippen molar-refractivity contribution in [2.24, 2.45) is 0 Å². The van der Waals surface area contributed by atoms with Crippen LogP contribution in [0.2, 0.25) is 0 Å². The van der Waals surface area contributed by atoms with Crippen LogP contribution in [0.25, 0.3) is 0 Å². The van der Waals surface area contributed by atoms with Crippen LogP contribution in [0.4, 0.5) is 92.2 Å². The third kappa shape index (κ3) is 5.62. The van der Waals surface area contributed by atoms with Crippen molar-refractivity contribution in [3.8, 4) is 0 Å². The molecular formula is C17H9F21O4. The molecule has 4 nitrogen and oxygen atoms in total. The maximum Gasteiger partial charge on any atom is 0.460 e. The van der Waals surface area contributed by atoms with Crippen molar-refractivity contribution in [2.75, 3.05) is 6.61 Å². The van der Waals surface area contributed by atoms with Crippen molar-refractivity contribution in [1.29, 1.82) is 0 Å². The maximum absolute atomic E-state index is 13.7. The SMILES string of the molecule is C=C(CC(=O)O)C(=O)OCCC(F)(F)C(F)(F)C(F)(F)C(F)(F)C(F)(F)C(F)(F)C(F)(F)C(F)(F)C(F)(F)C(F)(F)F. The minimum atomic E-state index is -9.27. The van der Waals surface area contributed by atoms with Crippen LogP contribution in [0.15, 0.2) is 12.2 Å². The summed E-state index contributed by atoms with van der Waals surface area (Å²) in [5.41, 5.74) is -1.16. The molecule has 0 saturated carbocycles. The number of carbonyl (C=O) groups excluding carboxylic acids is 1. The van der Waals surface area contributed by atoms with Crippen LogP contribution in [-0.4, -0.2) is 83.1 Å². The van der Waals surface area contributed by atoms with E-state index in [0.717, 1.165) is 0 Å². The van der Waals surface area contributed by atoms with Crippen LogP contribution in [0.1, 0.15) is 12.8 Å². The third-order valence-corrected chi connectivity index (χ3v) is 4.88. The number of halogens is 21. The third-order valence-electron chi connectivity index (χ3n) is 4.88. The number of carboxylic acids is 1. The van der Waals surface area contributed by atoms with E-state index in [4.69, 9.17) is 5.11 Å². The van der Waals surface area contributed by atoms with E-state index < -0.39 is 96.4 Å². The molecule has 248 valence electrons. The zero-order valence-corrected chi connectivity index (χ0v) is 18.9. The summed E-state index contributed by atoms with van der Waals surface area (Å²) in [6, 6.07) is 0. The number of carbonyl (C=O) groups is 2. The average molecular weight is 676 g/mol. The van der Waals surface area contributed by atoms with E-state index in [0.29, 0.717) is 0 Å². The first-order valence-electron chi connectivity index (χ1n) is 9.51. The summed E-state index contributed by atoms with van der Waals surface area (Å²) >= 11 is 0. The summed E-state index contributed by atoms with van der Waals surface area (Å²) in [6.07, 6.45) is -12.6. The highest BCUT2D eigenvalue weighted by molar-refractivity contribution is 5.92. The van der Waals surface area contributed by atoms with E-state index in [2.05, 4.69) is 11.3 Å². The van der Waals surface area contributed by atoms with Gasteiger partial charge < -0.3 is 9.84 Å². The Morgan fingerprint density at radius 2 is 0.810 bits per heavy atom. The monoisotopic (exact) mass is 676 g/mol. The molecule has 0 bridgehead atoms. The van der Waals surface area contributed by atoms with Crippen molar-refractivity contribution in [1.82, 2.24) is 0 Å². The predicted octanol–water partition coefficient (Wildman–Crippen LogP) is 7.23. The number of ether oxygens (including phenoxy) is 1. The highest BCUT2D eigenvalue weighted by atomic mass is 19.4. The largest absolute Gasteiger partial charge is 0.481 e. The Labute approximate surface area is 216 Å². The predicted molar refractivity (Wildman–Crippen MR) is 87.5 cm³/mol. The lowest BCUT2D eigenvalue weighted by Gasteiger charge is -2.44. The highest BCUT2D eigenvalue weighted by Crippen LogP contribution is 2.66. The van der Waals surface area contributed by atoms with E-state index in [1.807, 2.05) is 0 Å². The van der Waals surface area contributed by atoms with E-state index in [1.54, 1.807) is 0 Å². The fraction of sp³-hybridized carbons (Fsp3) is 0.765. The average Bonchev–Trinajstić information content (AvgIpc) is 2.76. The van der Waals surface area contributed by atoms with Gasteiger partial charge >= 0.3 is 71.4 Å². The smallest absolute Gasteiger partial charge is 0.460 e. The number of aliphatic carboxylic acids is 1. The summed E-state index contributed by atoms with van der Waals surface area (Å²) in [6.45, 7) is 0.329. The van der Waals surface area contributed by atoms with Gasteiger partial charge in [0.15, 0.2) is 0 Å². The molecule has 0 aromatic rings. The second-order valence-corrected chi connectivity index (χ2v) is 7.86. The van der Waals surface area contributed by atoms with E-state index >= 15 is 0 Å². The number of alkyl halides is 21. The minimum absolute atomic E-state index is 1.16. The number of rotatable bonds is 14. The fourth-order valence-electron chi connectivity index (χ4n) is 2.38. The van der Waals surface area contributed by atoms with Gasteiger partial charge in [0, 0.05) is 5.57 Å². The lowest BCUT2D eigenvalue weighted by Crippen LogP contribution is -2.76. The molecule has 0 radical (unpaired) electrons. The molecule has 0 unspecified atom stereocenters.